The lowest BCUT2D eigenvalue weighted by molar-refractivity contribution is -0.858. The number of aryl methyl sites for hydroxylation is 1. The zero-order chi connectivity index (χ0) is 21.7. The molecule has 6 nitrogen and oxygen atoms in total. The number of nitrogens with one attached hydrogen (secondary N) is 3. The molecule has 158 valence electrons. The van der Waals surface area contributed by atoms with E-state index in [0.717, 1.165) is 29.4 Å². The van der Waals surface area contributed by atoms with Gasteiger partial charge in [0.1, 0.15) is 0 Å². The van der Waals surface area contributed by atoms with Crippen LogP contribution in [0.3, 0.4) is 0 Å². The van der Waals surface area contributed by atoms with Gasteiger partial charge < -0.3 is 20.1 Å². The van der Waals surface area contributed by atoms with Gasteiger partial charge in [-0.15, -0.1) is 0 Å². The average Bonchev–Trinajstić information content (AvgIpc) is 2.69. The summed E-state index contributed by atoms with van der Waals surface area (Å²) >= 11 is 5.93. The summed E-state index contributed by atoms with van der Waals surface area (Å²) in [6.45, 7) is 3.70. The number of nitrogens with zero attached hydrogens (tertiary/aromatic N) is 1. The SMILES string of the molecule is Cc1ccc2cc(CN(CCC[NH+](C)C)C(=O)Nc3ccc(Cl)cc3)c(=O)[nH]c2c1. The lowest BCUT2D eigenvalue weighted by Crippen LogP contribution is -3.05. The van der Waals surface area contributed by atoms with Crippen LogP contribution in [0.25, 0.3) is 10.9 Å². The third kappa shape index (κ3) is 5.84. The summed E-state index contributed by atoms with van der Waals surface area (Å²) in [6, 6.07) is 14.5. The largest absolute Gasteiger partial charge is 0.340 e. The molecule has 1 aromatic heterocycles. The molecule has 3 aromatic rings. The maximum atomic E-state index is 13.0. The number of pyridine rings is 1. The quantitative estimate of drug-likeness (QED) is 0.542. The number of aromatic amines is 1. The van der Waals surface area contributed by atoms with Gasteiger partial charge in [-0.05, 0) is 54.3 Å². The molecule has 2 aromatic carbocycles. The van der Waals surface area contributed by atoms with Crippen molar-refractivity contribution in [1.82, 2.24) is 9.88 Å². The highest BCUT2D eigenvalue weighted by Gasteiger charge is 2.17. The third-order valence-corrected chi connectivity index (χ3v) is 5.18. The fourth-order valence-electron chi connectivity index (χ4n) is 3.29. The smallest absolute Gasteiger partial charge is 0.322 e. The van der Waals surface area contributed by atoms with Crippen molar-refractivity contribution in [2.45, 2.75) is 19.9 Å². The second-order valence-corrected chi connectivity index (χ2v) is 8.32. The number of rotatable bonds is 7. The predicted molar refractivity (Wildman–Crippen MR) is 122 cm³/mol. The second-order valence-electron chi connectivity index (χ2n) is 7.88. The summed E-state index contributed by atoms with van der Waals surface area (Å²) in [5.74, 6) is 0. The van der Waals surface area contributed by atoms with Crippen LogP contribution in [0.4, 0.5) is 10.5 Å². The number of carbonyl (C=O) groups is 1. The van der Waals surface area contributed by atoms with Crippen molar-refractivity contribution in [2.75, 3.05) is 32.5 Å². The number of amides is 2. The molecule has 0 radical (unpaired) electrons. The Morgan fingerprint density at radius 1 is 1.13 bits per heavy atom. The lowest BCUT2D eigenvalue weighted by Gasteiger charge is -2.23. The van der Waals surface area contributed by atoms with E-state index >= 15 is 0 Å². The maximum Gasteiger partial charge on any atom is 0.322 e. The first-order valence-electron chi connectivity index (χ1n) is 10.0. The highest BCUT2D eigenvalue weighted by Crippen LogP contribution is 2.16. The van der Waals surface area contributed by atoms with E-state index < -0.39 is 0 Å². The molecule has 0 saturated carbocycles. The number of H-pyrrole nitrogens is 1. The Balaban J connectivity index is 1.82. The Bertz CT molecular complexity index is 1080. The van der Waals surface area contributed by atoms with E-state index in [-0.39, 0.29) is 18.1 Å². The number of aromatic nitrogens is 1. The third-order valence-electron chi connectivity index (χ3n) is 4.93. The van der Waals surface area contributed by atoms with Crippen LogP contribution >= 0.6 is 11.6 Å². The molecule has 0 fully saturated rings. The van der Waals surface area contributed by atoms with Gasteiger partial charge in [0.05, 0.1) is 27.2 Å². The van der Waals surface area contributed by atoms with Crippen molar-refractivity contribution >= 4 is 34.2 Å². The lowest BCUT2D eigenvalue weighted by atomic mass is 10.1. The minimum atomic E-state index is -0.241. The molecule has 0 unspecified atom stereocenters. The van der Waals surface area contributed by atoms with Crippen LogP contribution in [0.15, 0.2) is 53.3 Å². The standard InChI is InChI=1S/C23H27ClN4O2/c1-16-5-6-17-14-18(22(29)26-21(17)13-16)15-28(12-4-11-27(2)3)23(30)25-20-9-7-19(24)8-10-20/h5-10,13-14H,4,11-12,15H2,1-3H3,(H,25,30)(H,26,29)/p+1. The molecule has 30 heavy (non-hydrogen) atoms. The molecule has 0 spiro atoms. The summed E-state index contributed by atoms with van der Waals surface area (Å²) < 4.78 is 0. The Morgan fingerprint density at radius 3 is 2.57 bits per heavy atom. The molecule has 7 heteroatoms. The van der Waals surface area contributed by atoms with Gasteiger partial charge in [-0.1, -0.05) is 23.7 Å². The van der Waals surface area contributed by atoms with Crippen molar-refractivity contribution in [1.29, 1.82) is 0 Å². The molecule has 0 saturated heterocycles. The molecule has 1 heterocycles. The minimum absolute atomic E-state index is 0.171. The first-order valence-corrected chi connectivity index (χ1v) is 10.4. The van der Waals surface area contributed by atoms with Crippen LogP contribution in [0.1, 0.15) is 17.5 Å². The first-order chi connectivity index (χ1) is 14.3. The van der Waals surface area contributed by atoms with Gasteiger partial charge >= 0.3 is 6.03 Å². The Labute approximate surface area is 181 Å². The normalized spacial score (nSPS) is 11.1. The minimum Gasteiger partial charge on any atom is -0.340 e. The molecular formula is C23H28ClN4O2+. The number of urea groups is 1. The fraction of sp³-hybridized carbons (Fsp3) is 0.304. The van der Waals surface area contributed by atoms with Gasteiger partial charge in [0.25, 0.3) is 5.56 Å². The van der Waals surface area contributed by atoms with E-state index in [4.69, 9.17) is 11.6 Å². The van der Waals surface area contributed by atoms with Crippen molar-refractivity contribution in [3.05, 3.63) is 75.0 Å². The summed E-state index contributed by atoms with van der Waals surface area (Å²) in [5, 5.41) is 4.46. The number of hydrogen-bond acceptors (Lipinski definition) is 2. The van der Waals surface area contributed by atoms with E-state index in [9.17, 15) is 9.59 Å². The van der Waals surface area contributed by atoms with Crippen molar-refractivity contribution in [3.63, 3.8) is 0 Å². The molecule has 0 aliphatic rings. The monoisotopic (exact) mass is 427 g/mol. The van der Waals surface area contributed by atoms with Gasteiger partial charge in [-0.25, -0.2) is 4.79 Å². The Morgan fingerprint density at radius 2 is 1.87 bits per heavy atom. The Kier molecular flexibility index (Phi) is 7.13. The van der Waals surface area contributed by atoms with Crippen LogP contribution in [-0.2, 0) is 6.54 Å². The second kappa shape index (κ2) is 9.78. The first kappa shape index (κ1) is 21.9. The van der Waals surface area contributed by atoms with Crippen molar-refractivity contribution in [2.24, 2.45) is 0 Å². The molecule has 2 amide bonds. The maximum absolute atomic E-state index is 13.0. The van der Waals surface area contributed by atoms with E-state index in [0.29, 0.717) is 22.8 Å². The summed E-state index contributed by atoms with van der Waals surface area (Å²) in [7, 11) is 4.16. The zero-order valence-electron chi connectivity index (χ0n) is 17.6. The number of anilines is 1. The number of carbonyl (C=O) groups excluding carboxylic acids is 1. The van der Waals surface area contributed by atoms with Crippen LogP contribution in [0.2, 0.25) is 5.02 Å². The van der Waals surface area contributed by atoms with Gasteiger partial charge in [-0.3, -0.25) is 4.79 Å². The molecule has 3 rings (SSSR count). The summed E-state index contributed by atoms with van der Waals surface area (Å²) in [5.41, 5.74) is 2.94. The predicted octanol–water partition coefficient (Wildman–Crippen LogP) is 3.06. The van der Waals surface area contributed by atoms with Crippen molar-refractivity contribution in [3.8, 4) is 0 Å². The van der Waals surface area contributed by atoms with Crippen molar-refractivity contribution < 1.29 is 9.69 Å². The number of fused-ring (bicyclic) bond motifs is 1. The number of benzene rings is 2. The van der Waals surface area contributed by atoms with Crippen LogP contribution in [0, 0.1) is 6.92 Å². The van der Waals surface area contributed by atoms with Gasteiger partial charge in [0.15, 0.2) is 0 Å². The number of hydrogen-bond donors (Lipinski definition) is 3. The highest BCUT2D eigenvalue weighted by atomic mass is 35.5. The average molecular weight is 428 g/mol. The van der Waals surface area contributed by atoms with E-state index in [2.05, 4.69) is 24.4 Å². The molecule has 0 bridgehead atoms. The number of halogens is 1. The molecule has 3 N–H and O–H groups in total. The molecule has 0 atom stereocenters. The van der Waals surface area contributed by atoms with E-state index in [1.54, 1.807) is 29.2 Å². The molecule has 0 aliphatic carbocycles. The van der Waals surface area contributed by atoms with Crippen LogP contribution in [0.5, 0.6) is 0 Å². The zero-order valence-corrected chi connectivity index (χ0v) is 18.3. The summed E-state index contributed by atoms with van der Waals surface area (Å²) in [6.07, 6.45) is 0.834. The van der Waals surface area contributed by atoms with Gasteiger partial charge in [0, 0.05) is 34.8 Å². The molecular weight excluding hydrogens is 400 g/mol. The topological polar surface area (TPSA) is 69.6 Å². The van der Waals surface area contributed by atoms with Crippen LogP contribution < -0.4 is 15.8 Å². The number of quaternary nitrogens is 1. The summed E-state index contributed by atoms with van der Waals surface area (Å²) in [4.78, 5) is 31.5. The van der Waals surface area contributed by atoms with E-state index in [1.807, 2.05) is 31.2 Å². The van der Waals surface area contributed by atoms with Gasteiger partial charge in [0.2, 0.25) is 0 Å². The van der Waals surface area contributed by atoms with Gasteiger partial charge in [-0.2, -0.15) is 0 Å². The van der Waals surface area contributed by atoms with E-state index in [1.165, 1.54) is 4.90 Å². The fourth-order valence-corrected chi connectivity index (χ4v) is 3.42. The Hall–Kier alpha value is -2.83. The highest BCUT2D eigenvalue weighted by molar-refractivity contribution is 6.30. The molecule has 0 aliphatic heterocycles. The van der Waals surface area contributed by atoms with Crippen LogP contribution in [-0.4, -0.2) is 43.1 Å².